The van der Waals surface area contributed by atoms with Crippen molar-refractivity contribution in [3.8, 4) is 5.75 Å². The second-order valence-electron chi connectivity index (χ2n) is 3.88. The Kier molecular flexibility index (Phi) is 3.69. The third kappa shape index (κ3) is 3.24. The van der Waals surface area contributed by atoms with Gasteiger partial charge in [0.25, 0.3) is 0 Å². The normalized spacial score (nSPS) is 12.1. The molecule has 0 radical (unpaired) electrons. The lowest BCUT2D eigenvalue weighted by Gasteiger charge is -2.15. The molecule has 0 amide bonds. The summed E-state index contributed by atoms with van der Waals surface area (Å²) in [5.41, 5.74) is 7.53. The van der Waals surface area contributed by atoms with E-state index >= 15 is 0 Å². The summed E-state index contributed by atoms with van der Waals surface area (Å²) in [5, 5.41) is 0. The fraction of sp³-hybridized carbons (Fsp3) is 0.143. The van der Waals surface area contributed by atoms with E-state index < -0.39 is 0 Å². The fourth-order valence-corrected chi connectivity index (χ4v) is 1.96. The number of hydrogen-bond donors (Lipinski definition) is 1. The molecule has 1 atom stereocenters. The highest BCUT2D eigenvalue weighted by Gasteiger charge is 2.06. The second kappa shape index (κ2) is 5.23. The number of hydrogen-bond acceptors (Lipinski definition) is 2. The van der Waals surface area contributed by atoms with E-state index in [0.29, 0.717) is 0 Å². The Morgan fingerprint density at radius 1 is 1.12 bits per heavy atom. The lowest BCUT2D eigenvalue weighted by Crippen LogP contribution is -2.03. The van der Waals surface area contributed by atoms with Crippen molar-refractivity contribution in [2.45, 2.75) is 13.0 Å². The number of benzene rings is 2. The van der Waals surface area contributed by atoms with Crippen LogP contribution in [0.2, 0.25) is 0 Å². The zero-order valence-corrected chi connectivity index (χ0v) is 11.1. The lowest BCUT2D eigenvalue weighted by molar-refractivity contribution is 0.227. The second-order valence-corrected chi connectivity index (χ2v) is 4.80. The van der Waals surface area contributed by atoms with E-state index in [-0.39, 0.29) is 6.10 Å². The molecule has 0 heterocycles. The van der Waals surface area contributed by atoms with Crippen LogP contribution < -0.4 is 10.5 Å². The molecular formula is C14H14BrNO. The number of nitrogens with two attached hydrogens (primary N) is 1. The molecule has 0 spiro atoms. The van der Waals surface area contributed by atoms with Crippen LogP contribution in [-0.2, 0) is 0 Å². The van der Waals surface area contributed by atoms with Crippen molar-refractivity contribution in [2.75, 3.05) is 5.73 Å². The summed E-state index contributed by atoms with van der Waals surface area (Å²) in [6, 6.07) is 15.6. The van der Waals surface area contributed by atoms with Gasteiger partial charge in [0.2, 0.25) is 0 Å². The Morgan fingerprint density at radius 3 is 2.47 bits per heavy atom. The zero-order chi connectivity index (χ0) is 12.3. The summed E-state index contributed by atoms with van der Waals surface area (Å²) in [6.07, 6.45) is 0.00454. The predicted molar refractivity (Wildman–Crippen MR) is 74.0 cm³/mol. The topological polar surface area (TPSA) is 35.2 Å². The third-order valence-electron chi connectivity index (χ3n) is 2.51. The molecule has 2 rings (SSSR count). The van der Waals surface area contributed by atoms with Crippen LogP contribution in [-0.4, -0.2) is 0 Å². The van der Waals surface area contributed by atoms with Gasteiger partial charge in [-0.25, -0.2) is 0 Å². The van der Waals surface area contributed by atoms with E-state index in [1.807, 2.05) is 55.5 Å². The van der Waals surface area contributed by atoms with Gasteiger partial charge in [0.05, 0.1) is 0 Å². The molecule has 2 N–H and O–H groups in total. The highest BCUT2D eigenvalue weighted by atomic mass is 79.9. The van der Waals surface area contributed by atoms with Gasteiger partial charge in [-0.15, -0.1) is 0 Å². The molecule has 0 bridgehead atoms. The molecule has 88 valence electrons. The maximum absolute atomic E-state index is 5.85. The van der Waals surface area contributed by atoms with Crippen molar-refractivity contribution in [3.05, 3.63) is 58.6 Å². The van der Waals surface area contributed by atoms with E-state index in [1.54, 1.807) is 0 Å². The van der Waals surface area contributed by atoms with Crippen LogP contribution >= 0.6 is 15.9 Å². The van der Waals surface area contributed by atoms with E-state index in [1.165, 1.54) is 0 Å². The molecular weight excluding hydrogens is 278 g/mol. The smallest absolute Gasteiger partial charge is 0.121 e. The van der Waals surface area contributed by atoms with Crippen molar-refractivity contribution in [2.24, 2.45) is 0 Å². The Hall–Kier alpha value is -1.48. The van der Waals surface area contributed by atoms with Gasteiger partial charge >= 0.3 is 0 Å². The summed E-state index contributed by atoms with van der Waals surface area (Å²) in [6.45, 7) is 2.02. The molecule has 0 aromatic heterocycles. The molecule has 0 aliphatic rings. The first-order chi connectivity index (χ1) is 8.15. The van der Waals surface area contributed by atoms with Crippen molar-refractivity contribution in [3.63, 3.8) is 0 Å². The van der Waals surface area contributed by atoms with E-state index in [9.17, 15) is 0 Å². The highest BCUT2D eigenvalue weighted by molar-refractivity contribution is 9.10. The lowest BCUT2D eigenvalue weighted by atomic mass is 10.1. The van der Waals surface area contributed by atoms with Gasteiger partial charge in [-0.3, -0.25) is 0 Å². The maximum Gasteiger partial charge on any atom is 0.121 e. The van der Waals surface area contributed by atoms with Gasteiger partial charge in [-0.05, 0) is 42.8 Å². The van der Waals surface area contributed by atoms with E-state index in [2.05, 4.69) is 15.9 Å². The summed E-state index contributed by atoms with van der Waals surface area (Å²) in [4.78, 5) is 0. The number of halogens is 1. The van der Waals surface area contributed by atoms with Crippen LogP contribution in [0.5, 0.6) is 5.75 Å². The summed E-state index contributed by atoms with van der Waals surface area (Å²) >= 11 is 3.42. The van der Waals surface area contributed by atoms with Crippen LogP contribution in [0, 0.1) is 0 Å². The van der Waals surface area contributed by atoms with Crippen LogP contribution in [0.3, 0.4) is 0 Å². The highest BCUT2D eigenvalue weighted by Crippen LogP contribution is 2.24. The molecule has 0 saturated carbocycles. The van der Waals surface area contributed by atoms with Crippen LogP contribution in [0.25, 0.3) is 0 Å². The van der Waals surface area contributed by atoms with E-state index in [0.717, 1.165) is 21.5 Å². The molecule has 2 nitrogen and oxygen atoms in total. The quantitative estimate of drug-likeness (QED) is 0.862. The summed E-state index contributed by atoms with van der Waals surface area (Å²) in [7, 11) is 0. The van der Waals surface area contributed by atoms with Crippen LogP contribution in [0.1, 0.15) is 18.6 Å². The van der Waals surface area contributed by atoms with Crippen molar-refractivity contribution in [1.82, 2.24) is 0 Å². The van der Waals surface area contributed by atoms with E-state index in [4.69, 9.17) is 10.5 Å². The van der Waals surface area contributed by atoms with Gasteiger partial charge in [-0.2, -0.15) is 0 Å². The number of ether oxygens (including phenoxy) is 1. The molecule has 0 fully saturated rings. The van der Waals surface area contributed by atoms with Crippen molar-refractivity contribution < 1.29 is 4.74 Å². The summed E-state index contributed by atoms with van der Waals surface area (Å²) in [5.74, 6) is 0.851. The number of anilines is 1. The largest absolute Gasteiger partial charge is 0.486 e. The first-order valence-electron chi connectivity index (χ1n) is 5.43. The van der Waals surface area contributed by atoms with Gasteiger partial charge in [-0.1, -0.05) is 34.1 Å². The first-order valence-corrected chi connectivity index (χ1v) is 6.22. The molecule has 2 aromatic rings. The molecule has 0 aliphatic heterocycles. The minimum atomic E-state index is 0.00454. The fourth-order valence-electron chi connectivity index (χ4n) is 1.58. The Balaban J connectivity index is 2.11. The molecule has 1 unspecified atom stereocenters. The van der Waals surface area contributed by atoms with Crippen molar-refractivity contribution >= 4 is 21.6 Å². The third-order valence-corrected chi connectivity index (χ3v) is 3.01. The Labute approximate surface area is 110 Å². The monoisotopic (exact) mass is 291 g/mol. The minimum absolute atomic E-state index is 0.00454. The number of rotatable bonds is 3. The zero-order valence-electron chi connectivity index (χ0n) is 9.56. The average molecular weight is 292 g/mol. The first kappa shape index (κ1) is 12.0. The summed E-state index contributed by atoms with van der Waals surface area (Å²) < 4.78 is 6.86. The molecule has 3 heteroatoms. The number of nitrogen functional groups attached to an aromatic ring is 1. The Morgan fingerprint density at radius 2 is 1.82 bits per heavy atom. The van der Waals surface area contributed by atoms with Crippen LogP contribution in [0.15, 0.2) is 53.0 Å². The minimum Gasteiger partial charge on any atom is -0.486 e. The molecule has 17 heavy (non-hydrogen) atoms. The van der Waals surface area contributed by atoms with Gasteiger partial charge in [0.15, 0.2) is 0 Å². The predicted octanol–water partition coefficient (Wildman–Crippen LogP) is 4.17. The van der Waals surface area contributed by atoms with Gasteiger partial charge in [0.1, 0.15) is 11.9 Å². The standard InChI is InChI=1S/C14H14BrNO/c1-10(11-5-7-13(16)8-6-11)17-14-4-2-3-12(15)9-14/h2-10H,16H2,1H3. The van der Waals surface area contributed by atoms with Crippen LogP contribution in [0.4, 0.5) is 5.69 Å². The SMILES string of the molecule is CC(Oc1cccc(Br)c1)c1ccc(N)cc1. The average Bonchev–Trinajstić information content (AvgIpc) is 2.29. The Bertz CT molecular complexity index is 496. The maximum atomic E-state index is 5.85. The molecule has 0 saturated heterocycles. The molecule has 2 aromatic carbocycles. The van der Waals surface area contributed by atoms with Crippen molar-refractivity contribution in [1.29, 1.82) is 0 Å². The van der Waals surface area contributed by atoms with Gasteiger partial charge < -0.3 is 10.5 Å². The molecule has 0 aliphatic carbocycles. The van der Waals surface area contributed by atoms with Gasteiger partial charge in [0, 0.05) is 10.2 Å².